The van der Waals surface area contributed by atoms with Gasteiger partial charge in [-0.3, -0.25) is 0 Å². The Morgan fingerprint density at radius 2 is 1.70 bits per heavy atom. The fourth-order valence-electron chi connectivity index (χ4n) is 0.234. The van der Waals surface area contributed by atoms with Crippen molar-refractivity contribution in [2.45, 2.75) is 38.8 Å². The largest absolute Gasteiger partial charge is 0.390 e. The molecule has 10 heavy (non-hydrogen) atoms. The summed E-state index contributed by atoms with van der Waals surface area (Å²) in [4.78, 5) is 2.64. The van der Waals surface area contributed by atoms with E-state index in [1.54, 1.807) is 27.7 Å². The Morgan fingerprint density at radius 3 is 1.80 bits per heavy atom. The Labute approximate surface area is 60.5 Å². The van der Waals surface area contributed by atoms with Crippen LogP contribution in [0, 0.1) is 0 Å². The van der Waals surface area contributed by atoms with Crippen LogP contribution in [-0.4, -0.2) is 16.2 Å². The van der Waals surface area contributed by atoms with E-state index in [1.165, 1.54) is 0 Å². The van der Waals surface area contributed by atoms with Crippen molar-refractivity contribution in [1.82, 2.24) is 0 Å². The Hall–Kier alpha value is -0.730. The summed E-state index contributed by atoms with van der Waals surface area (Å²) in [5, 5.41) is 12.9. The first-order chi connectivity index (χ1) is 4.31. The van der Waals surface area contributed by atoms with Crippen molar-refractivity contribution in [3.05, 3.63) is 10.4 Å². The van der Waals surface area contributed by atoms with E-state index in [4.69, 9.17) is 5.53 Å². The van der Waals surface area contributed by atoms with E-state index < -0.39 is 11.1 Å². The number of aliphatic hydroxyl groups is 1. The first-order valence-corrected chi connectivity index (χ1v) is 3.10. The highest BCUT2D eigenvalue weighted by Crippen LogP contribution is 2.24. The Balaban J connectivity index is 4.56. The molecule has 0 radical (unpaired) electrons. The van der Waals surface area contributed by atoms with Gasteiger partial charge in [0, 0.05) is 4.91 Å². The summed E-state index contributed by atoms with van der Waals surface area (Å²) in [6.07, 6.45) is 0. The molecule has 0 spiro atoms. The molecule has 4 heteroatoms. The van der Waals surface area contributed by atoms with Crippen LogP contribution in [0.3, 0.4) is 0 Å². The number of rotatable bonds is 2. The van der Waals surface area contributed by atoms with Gasteiger partial charge in [-0.15, -0.1) is 0 Å². The lowest BCUT2D eigenvalue weighted by atomic mass is 9.87. The summed E-state index contributed by atoms with van der Waals surface area (Å²) in [7, 11) is 0. The number of hydrogen-bond acceptors (Lipinski definition) is 2. The van der Waals surface area contributed by atoms with Gasteiger partial charge in [0.1, 0.15) is 0 Å². The summed E-state index contributed by atoms with van der Waals surface area (Å²) in [6, 6.07) is 0. The van der Waals surface area contributed by atoms with E-state index in [0.717, 1.165) is 0 Å². The van der Waals surface area contributed by atoms with E-state index in [0.29, 0.717) is 0 Å². The molecule has 0 fully saturated rings. The highest BCUT2D eigenvalue weighted by molar-refractivity contribution is 4.93. The Morgan fingerprint density at radius 1 is 1.30 bits per heavy atom. The van der Waals surface area contributed by atoms with Crippen molar-refractivity contribution in [2.75, 3.05) is 0 Å². The fraction of sp³-hybridized carbons (Fsp3) is 1.00. The second kappa shape index (κ2) is 2.48. The molecule has 0 rings (SSSR count). The van der Waals surface area contributed by atoms with E-state index in [-0.39, 0.29) is 0 Å². The minimum atomic E-state index is -0.973. The molecule has 1 N–H and O–H groups in total. The van der Waals surface area contributed by atoms with Gasteiger partial charge in [0.05, 0.1) is 11.1 Å². The SMILES string of the molecule is CC(C)(O)C(C)(C)N=[N+]=[N-]. The molecule has 0 aliphatic heterocycles. The lowest BCUT2D eigenvalue weighted by Crippen LogP contribution is -2.42. The maximum Gasteiger partial charge on any atom is 0.0713 e. The molecule has 0 aromatic rings. The molecule has 0 unspecified atom stereocenters. The molecule has 0 aromatic carbocycles. The topological polar surface area (TPSA) is 69.0 Å². The minimum absolute atomic E-state index is 0.748. The fourth-order valence-corrected chi connectivity index (χ4v) is 0.234. The summed E-state index contributed by atoms with van der Waals surface area (Å²) >= 11 is 0. The lowest BCUT2D eigenvalue weighted by Gasteiger charge is -2.32. The van der Waals surface area contributed by atoms with Crippen LogP contribution >= 0.6 is 0 Å². The zero-order chi connectivity index (χ0) is 8.41. The predicted octanol–water partition coefficient (Wildman–Crippen LogP) is 1.85. The van der Waals surface area contributed by atoms with Gasteiger partial charge >= 0.3 is 0 Å². The van der Waals surface area contributed by atoms with Crippen LogP contribution < -0.4 is 0 Å². The molecule has 0 aliphatic rings. The molecule has 58 valence electrons. The number of nitrogens with zero attached hydrogens (tertiary/aromatic N) is 3. The normalized spacial score (nSPS) is 12.5. The molecular weight excluding hydrogens is 130 g/mol. The smallest absolute Gasteiger partial charge is 0.0713 e. The number of hydrogen-bond donors (Lipinski definition) is 1. The van der Waals surface area contributed by atoms with Crippen LogP contribution in [0.15, 0.2) is 5.11 Å². The molecule has 0 saturated heterocycles. The van der Waals surface area contributed by atoms with Crippen molar-refractivity contribution >= 4 is 0 Å². The molecule has 0 amide bonds. The second-order valence-electron chi connectivity index (χ2n) is 3.31. The van der Waals surface area contributed by atoms with E-state index in [1.807, 2.05) is 0 Å². The van der Waals surface area contributed by atoms with Crippen LogP contribution in [-0.2, 0) is 0 Å². The molecule has 0 aromatic heterocycles. The van der Waals surface area contributed by atoms with Gasteiger partial charge in [-0.25, -0.2) is 0 Å². The van der Waals surface area contributed by atoms with Gasteiger partial charge in [-0.1, -0.05) is 19.0 Å². The summed E-state index contributed by atoms with van der Waals surface area (Å²) in [5.74, 6) is 0. The molecule has 0 bridgehead atoms. The third-order valence-electron chi connectivity index (χ3n) is 1.79. The van der Waals surface area contributed by atoms with Crippen molar-refractivity contribution in [2.24, 2.45) is 5.11 Å². The van der Waals surface area contributed by atoms with Gasteiger partial charge < -0.3 is 5.11 Å². The van der Waals surface area contributed by atoms with Crippen LogP contribution in [0.5, 0.6) is 0 Å². The van der Waals surface area contributed by atoms with Crippen LogP contribution in [0.4, 0.5) is 0 Å². The third kappa shape index (κ3) is 1.90. The first kappa shape index (κ1) is 9.27. The summed E-state index contributed by atoms with van der Waals surface area (Å²) in [6.45, 7) is 6.60. The van der Waals surface area contributed by atoms with E-state index >= 15 is 0 Å². The average Bonchev–Trinajstić information content (AvgIpc) is 1.61. The lowest BCUT2D eigenvalue weighted by molar-refractivity contribution is 0.0147. The van der Waals surface area contributed by atoms with E-state index in [9.17, 15) is 5.11 Å². The summed E-state index contributed by atoms with van der Waals surface area (Å²) < 4.78 is 0. The van der Waals surface area contributed by atoms with Crippen molar-refractivity contribution in [3.63, 3.8) is 0 Å². The van der Waals surface area contributed by atoms with Crippen LogP contribution in [0.2, 0.25) is 0 Å². The van der Waals surface area contributed by atoms with Crippen LogP contribution in [0.25, 0.3) is 10.4 Å². The monoisotopic (exact) mass is 143 g/mol. The third-order valence-corrected chi connectivity index (χ3v) is 1.79. The number of azide groups is 1. The van der Waals surface area contributed by atoms with Gasteiger partial charge in [-0.05, 0) is 19.4 Å². The second-order valence-corrected chi connectivity index (χ2v) is 3.31. The Bertz CT molecular complexity index is 162. The molecular formula is C6H13N3O. The van der Waals surface area contributed by atoms with Crippen molar-refractivity contribution < 1.29 is 5.11 Å². The van der Waals surface area contributed by atoms with Crippen molar-refractivity contribution in [3.8, 4) is 0 Å². The maximum absolute atomic E-state index is 9.41. The standard InChI is InChI=1S/C6H13N3O/c1-5(2,8-9-7)6(3,4)10/h10H,1-4H3. The average molecular weight is 143 g/mol. The maximum atomic E-state index is 9.41. The van der Waals surface area contributed by atoms with E-state index in [2.05, 4.69) is 10.0 Å². The van der Waals surface area contributed by atoms with Crippen molar-refractivity contribution in [1.29, 1.82) is 0 Å². The van der Waals surface area contributed by atoms with Gasteiger partial charge in [-0.2, -0.15) is 0 Å². The molecule has 0 atom stereocenters. The predicted molar refractivity (Wildman–Crippen MR) is 39.5 cm³/mol. The molecule has 4 nitrogen and oxygen atoms in total. The minimum Gasteiger partial charge on any atom is -0.390 e. The zero-order valence-corrected chi connectivity index (χ0v) is 6.79. The molecule has 0 aliphatic carbocycles. The highest BCUT2D eigenvalue weighted by Gasteiger charge is 2.33. The first-order valence-electron chi connectivity index (χ1n) is 3.10. The Kier molecular flexibility index (Phi) is 2.30. The quantitative estimate of drug-likeness (QED) is 0.357. The van der Waals surface area contributed by atoms with Crippen LogP contribution in [0.1, 0.15) is 27.7 Å². The molecule has 0 saturated carbocycles. The summed E-state index contributed by atoms with van der Waals surface area (Å²) in [5.41, 5.74) is 6.39. The molecule has 0 heterocycles. The highest BCUT2D eigenvalue weighted by atomic mass is 16.3. The zero-order valence-electron chi connectivity index (χ0n) is 6.79. The van der Waals surface area contributed by atoms with Gasteiger partial charge in [0.25, 0.3) is 0 Å². The van der Waals surface area contributed by atoms with Gasteiger partial charge in [0.2, 0.25) is 0 Å². The van der Waals surface area contributed by atoms with Gasteiger partial charge in [0.15, 0.2) is 0 Å².